The van der Waals surface area contributed by atoms with Gasteiger partial charge in [-0.2, -0.15) is 0 Å². The number of alkyl halides is 1. The van der Waals surface area contributed by atoms with Crippen LogP contribution in [0.2, 0.25) is 5.02 Å². The molecule has 0 radical (unpaired) electrons. The molecule has 1 aromatic rings. The van der Waals surface area contributed by atoms with Crippen molar-refractivity contribution in [3.63, 3.8) is 0 Å². The van der Waals surface area contributed by atoms with E-state index in [4.69, 9.17) is 11.6 Å². The van der Waals surface area contributed by atoms with Crippen LogP contribution in [0.3, 0.4) is 0 Å². The predicted octanol–water partition coefficient (Wildman–Crippen LogP) is 5.01. The highest BCUT2D eigenvalue weighted by molar-refractivity contribution is 9.09. The van der Waals surface area contributed by atoms with Gasteiger partial charge in [0, 0.05) is 9.85 Å². The Kier molecular flexibility index (Phi) is 3.73. The summed E-state index contributed by atoms with van der Waals surface area (Å²) in [7, 11) is 0. The number of hydrogen-bond donors (Lipinski definition) is 0. The molecule has 0 bridgehead atoms. The van der Waals surface area contributed by atoms with E-state index in [1.54, 1.807) is 0 Å². The topological polar surface area (TPSA) is 0 Å². The highest BCUT2D eigenvalue weighted by Crippen LogP contribution is 2.40. The summed E-state index contributed by atoms with van der Waals surface area (Å²) in [6, 6.07) is 8.32. The molecule has 0 saturated heterocycles. The van der Waals surface area contributed by atoms with E-state index in [0.29, 0.717) is 10.7 Å². The maximum absolute atomic E-state index is 5.90. The van der Waals surface area contributed by atoms with Crippen LogP contribution in [0.25, 0.3) is 0 Å². The quantitative estimate of drug-likeness (QED) is 0.637. The minimum atomic E-state index is 0.634. The van der Waals surface area contributed by atoms with E-state index in [1.807, 2.05) is 12.1 Å². The molecular weight excluding hydrogens is 272 g/mol. The molecule has 3 atom stereocenters. The zero-order valence-electron chi connectivity index (χ0n) is 8.92. The van der Waals surface area contributed by atoms with Crippen LogP contribution < -0.4 is 0 Å². The third-order valence-corrected chi connectivity index (χ3v) is 4.67. The van der Waals surface area contributed by atoms with Crippen LogP contribution >= 0.6 is 27.5 Å². The van der Waals surface area contributed by atoms with Gasteiger partial charge in [0.15, 0.2) is 0 Å². The molecule has 3 unspecified atom stereocenters. The number of halogens is 2. The summed E-state index contributed by atoms with van der Waals surface area (Å²) in [4.78, 5) is 0.634. The molecule has 0 nitrogen and oxygen atoms in total. The molecule has 1 aliphatic carbocycles. The van der Waals surface area contributed by atoms with Crippen molar-refractivity contribution in [3.8, 4) is 0 Å². The van der Waals surface area contributed by atoms with Gasteiger partial charge in [-0.15, -0.1) is 0 Å². The molecule has 15 heavy (non-hydrogen) atoms. The molecule has 1 saturated carbocycles. The lowest BCUT2D eigenvalue weighted by Crippen LogP contribution is -2.21. The molecule has 2 rings (SSSR count). The highest BCUT2D eigenvalue weighted by atomic mass is 79.9. The van der Waals surface area contributed by atoms with Gasteiger partial charge in [-0.05, 0) is 48.8 Å². The van der Waals surface area contributed by atoms with Gasteiger partial charge in [0.1, 0.15) is 0 Å². The Morgan fingerprint density at radius 3 is 2.53 bits per heavy atom. The molecule has 0 aliphatic heterocycles. The average Bonchev–Trinajstić information content (AvgIpc) is 2.23. The molecular formula is C13H16BrCl. The SMILES string of the molecule is CC1CCC(Br)C(c2ccc(Cl)cc2)C1. The Morgan fingerprint density at radius 2 is 1.87 bits per heavy atom. The zero-order valence-corrected chi connectivity index (χ0v) is 11.3. The molecule has 1 aromatic carbocycles. The summed E-state index contributed by atoms with van der Waals surface area (Å²) in [5, 5.41) is 0.828. The summed E-state index contributed by atoms with van der Waals surface area (Å²) in [5.74, 6) is 1.51. The Balaban J connectivity index is 2.17. The van der Waals surface area contributed by atoms with Crippen LogP contribution in [-0.2, 0) is 0 Å². The lowest BCUT2D eigenvalue weighted by molar-refractivity contribution is 0.356. The van der Waals surface area contributed by atoms with Crippen LogP contribution in [-0.4, -0.2) is 4.83 Å². The molecule has 1 aliphatic rings. The van der Waals surface area contributed by atoms with Crippen molar-refractivity contribution in [3.05, 3.63) is 34.9 Å². The number of rotatable bonds is 1. The average molecular weight is 288 g/mol. The van der Waals surface area contributed by atoms with Crippen LogP contribution in [0.15, 0.2) is 24.3 Å². The summed E-state index contributed by atoms with van der Waals surface area (Å²) >= 11 is 9.71. The smallest absolute Gasteiger partial charge is 0.0406 e. The van der Waals surface area contributed by atoms with Gasteiger partial charge >= 0.3 is 0 Å². The second-order valence-corrected chi connectivity index (χ2v) is 6.20. The fourth-order valence-electron chi connectivity index (χ4n) is 2.40. The van der Waals surface area contributed by atoms with Gasteiger partial charge in [0.2, 0.25) is 0 Å². The van der Waals surface area contributed by atoms with Crippen molar-refractivity contribution in [2.24, 2.45) is 5.92 Å². The third-order valence-electron chi connectivity index (χ3n) is 3.33. The Morgan fingerprint density at radius 1 is 1.20 bits per heavy atom. The molecule has 0 heterocycles. The number of benzene rings is 1. The van der Waals surface area contributed by atoms with E-state index in [-0.39, 0.29) is 0 Å². The Labute approximate surface area is 105 Å². The number of hydrogen-bond acceptors (Lipinski definition) is 0. The van der Waals surface area contributed by atoms with Crippen molar-refractivity contribution in [1.29, 1.82) is 0 Å². The van der Waals surface area contributed by atoms with Crippen molar-refractivity contribution >= 4 is 27.5 Å². The van der Waals surface area contributed by atoms with Gasteiger partial charge in [-0.1, -0.05) is 46.6 Å². The first kappa shape index (κ1) is 11.5. The lowest BCUT2D eigenvalue weighted by Gasteiger charge is -2.31. The summed E-state index contributed by atoms with van der Waals surface area (Å²) in [5.41, 5.74) is 1.42. The molecule has 2 heteroatoms. The monoisotopic (exact) mass is 286 g/mol. The normalized spacial score (nSPS) is 31.5. The summed E-state index contributed by atoms with van der Waals surface area (Å²) in [6.07, 6.45) is 3.92. The standard InChI is InChI=1S/C13H16BrCl/c1-9-2-7-13(14)12(8-9)10-3-5-11(15)6-4-10/h3-6,9,12-13H,2,7-8H2,1H3. The van der Waals surface area contributed by atoms with E-state index in [0.717, 1.165) is 10.9 Å². The second kappa shape index (κ2) is 4.88. The third kappa shape index (κ3) is 2.76. The first-order valence-electron chi connectivity index (χ1n) is 5.56. The van der Waals surface area contributed by atoms with Gasteiger partial charge in [0.05, 0.1) is 0 Å². The molecule has 0 N–H and O–H groups in total. The fourth-order valence-corrected chi connectivity index (χ4v) is 3.31. The molecule has 1 fully saturated rings. The van der Waals surface area contributed by atoms with Gasteiger partial charge in [-0.3, -0.25) is 0 Å². The van der Waals surface area contributed by atoms with Crippen LogP contribution in [0.5, 0.6) is 0 Å². The van der Waals surface area contributed by atoms with E-state index < -0.39 is 0 Å². The van der Waals surface area contributed by atoms with Gasteiger partial charge in [0.25, 0.3) is 0 Å². The van der Waals surface area contributed by atoms with Crippen LogP contribution in [0.4, 0.5) is 0 Å². The van der Waals surface area contributed by atoms with Crippen LogP contribution in [0.1, 0.15) is 37.7 Å². The van der Waals surface area contributed by atoms with Crippen LogP contribution in [0, 0.1) is 5.92 Å². The molecule has 82 valence electrons. The molecule has 0 aromatic heterocycles. The summed E-state index contributed by atoms with van der Waals surface area (Å²) < 4.78 is 0. The first-order chi connectivity index (χ1) is 7.16. The summed E-state index contributed by atoms with van der Waals surface area (Å²) in [6.45, 7) is 2.35. The first-order valence-corrected chi connectivity index (χ1v) is 6.85. The van der Waals surface area contributed by atoms with Gasteiger partial charge < -0.3 is 0 Å². The van der Waals surface area contributed by atoms with Crippen molar-refractivity contribution in [2.75, 3.05) is 0 Å². The van der Waals surface area contributed by atoms with Gasteiger partial charge in [-0.25, -0.2) is 0 Å². The van der Waals surface area contributed by atoms with E-state index >= 15 is 0 Å². The minimum Gasteiger partial charge on any atom is -0.0884 e. The lowest BCUT2D eigenvalue weighted by atomic mass is 9.79. The predicted molar refractivity (Wildman–Crippen MR) is 69.9 cm³/mol. The highest BCUT2D eigenvalue weighted by Gasteiger charge is 2.27. The minimum absolute atomic E-state index is 0.634. The van der Waals surface area contributed by atoms with Crippen molar-refractivity contribution < 1.29 is 0 Å². The van der Waals surface area contributed by atoms with Crippen molar-refractivity contribution in [1.82, 2.24) is 0 Å². The zero-order chi connectivity index (χ0) is 10.8. The second-order valence-electron chi connectivity index (χ2n) is 4.59. The Hall–Kier alpha value is -0.0100. The van der Waals surface area contributed by atoms with E-state index in [1.165, 1.54) is 24.8 Å². The Bertz CT molecular complexity index is 320. The molecule has 0 spiro atoms. The maximum atomic E-state index is 5.90. The van der Waals surface area contributed by atoms with Crippen molar-refractivity contribution in [2.45, 2.75) is 36.9 Å². The van der Waals surface area contributed by atoms with E-state index in [9.17, 15) is 0 Å². The largest absolute Gasteiger partial charge is 0.0884 e. The fraction of sp³-hybridized carbons (Fsp3) is 0.538. The van der Waals surface area contributed by atoms with E-state index in [2.05, 4.69) is 35.0 Å². The molecule has 0 amide bonds. The maximum Gasteiger partial charge on any atom is 0.0406 e.